The molecule has 37 heavy (non-hydrogen) atoms. The lowest BCUT2D eigenvalue weighted by molar-refractivity contribution is -0.147. The quantitative estimate of drug-likeness (QED) is 0.337. The maximum atomic E-state index is 12.9. The third kappa shape index (κ3) is 4.43. The van der Waals surface area contributed by atoms with E-state index < -0.39 is 29.1 Å². The molecule has 0 spiro atoms. The van der Waals surface area contributed by atoms with Crippen molar-refractivity contribution in [1.29, 1.82) is 0 Å². The van der Waals surface area contributed by atoms with Gasteiger partial charge in [0.2, 0.25) is 0 Å². The highest BCUT2D eigenvalue weighted by atomic mass is 35.5. The van der Waals surface area contributed by atoms with E-state index in [1.165, 1.54) is 10.9 Å². The summed E-state index contributed by atoms with van der Waals surface area (Å²) in [5.74, 6) is -0.806. The molecule has 9 heteroatoms. The van der Waals surface area contributed by atoms with Gasteiger partial charge in [-0.25, -0.2) is 9.48 Å². The van der Waals surface area contributed by atoms with E-state index in [0.717, 1.165) is 16.7 Å². The molecule has 1 aromatic heterocycles. The summed E-state index contributed by atoms with van der Waals surface area (Å²) in [7, 11) is 0. The Morgan fingerprint density at radius 2 is 1.73 bits per heavy atom. The number of nitrogens with one attached hydrogen (secondary N) is 1. The number of carbonyl (C=O) groups excluding carboxylic acids is 1. The molecule has 2 aromatic carbocycles. The van der Waals surface area contributed by atoms with Crippen LogP contribution in [-0.2, 0) is 15.1 Å². The predicted octanol–water partition coefficient (Wildman–Crippen LogP) is 7.02. The monoisotopic (exact) mass is 537 g/mol. The summed E-state index contributed by atoms with van der Waals surface area (Å²) in [4.78, 5) is 25.5. The van der Waals surface area contributed by atoms with E-state index in [9.17, 15) is 14.7 Å². The molecule has 1 unspecified atom stereocenters. The highest BCUT2D eigenvalue weighted by Crippen LogP contribution is 2.63. The number of allylic oxidation sites excluding steroid dienone is 4. The molecule has 2 atom stereocenters. The molecule has 2 aliphatic carbocycles. The van der Waals surface area contributed by atoms with E-state index in [2.05, 4.69) is 10.4 Å². The molecule has 2 N–H and O–H groups in total. The average molecular weight is 538 g/mol. The van der Waals surface area contributed by atoms with Crippen molar-refractivity contribution in [2.24, 2.45) is 5.41 Å². The topological polar surface area (TPSA) is 93.5 Å². The van der Waals surface area contributed by atoms with Gasteiger partial charge in [0.15, 0.2) is 5.82 Å². The van der Waals surface area contributed by atoms with Crippen molar-refractivity contribution in [2.75, 3.05) is 5.32 Å². The maximum absolute atomic E-state index is 12.9. The van der Waals surface area contributed by atoms with Crippen LogP contribution in [0.1, 0.15) is 43.4 Å². The molecule has 0 saturated heterocycles. The summed E-state index contributed by atoms with van der Waals surface area (Å²) in [5, 5.41) is 18.1. The van der Waals surface area contributed by atoms with Gasteiger partial charge in [0.05, 0.1) is 11.6 Å². The summed E-state index contributed by atoms with van der Waals surface area (Å²) in [6.07, 6.45) is 4.84. The van der Waals surface area contributed by atoms with Gasteiger partial charge in [0.1, 0.15) is 16.7 Å². The number of nitrogens with zero attached hydrogens (tertiary/aromatic N) is 2. The van der Waals surface area contributed by atoms with Gasteiger partial charge in [-0.2, -0.15) is 5.10 Å². The number of hydrogen-bond acceptors (Lipinski definition) is 4. The SMILES string of the molecule is CC(OC(=O)Nc1c(Cl)cnn1[C@@]1(C2(C(=O)O)CC2)C=CC(c2ccccc2)=C(Cl)C1)c1ccccc1. The van der Waals surface area contributed by atoms with Crippen molar-refractivity contribution in [3.63, 3.8) is 0 Å². The first kappa shape index (κ1) is 25.1. The minimum atomic E-state index is -1.19. The minimum Gasteiger partial charge on any atom is -0.481 e. The zero-order chi connectivity index (χ0) is 26.2. The molecule has 1 amide bonds. The lowest BCUT2D eigenvalue weighted by atomic mass is 9.74. The van der Waals surface area contributed by atoms with Crippen LogP contribution in [0.5, 0.6) is 0 Å². The van der Waals surface area contributed by atoms with Crippen molar-refractivity contribution in [2.45, 2.75) is 37.8 Å². The molecule has 0 bridgehead atoms. The van der Waals surface area contributed by atoms with E-state index in [4.69, 9.17) is 27.9 Å². The van der Waals surface area contributed by atoms with E-state index >= 15 is 0 Å². The van der Waals surface area contributed by atoms with Gasteiger partial charge in [-0.15, -0.1) is 0 Å². The molecule has 190 valence electrons. The van der Waals surface area contributed by atoms with Crippen LogP contribution in [0.15, 0.2) is 84.0 Å². The van der Waals surface area contributed by atoms with Gasteiger partial charge < -0.3 is 9.84 Å². The molecule has 5 rings (SSSR count). The predicted molar refractivity (Wildman–Crippen MR) is 142 cm³/mol. The first-order valence-electron chi connectivity index (χ1n) is 11.9. The zero-order valence-electron chi connectivity index (χ0n) is 20.0. The molecular weight excluding hydrogens is 513 g/mol. The largest absolute Gasteiger partial charge is 0.481 e. The number of carboxylic acids is 1. The summed E-state index contributed by atoms with van der Waals surface area (Å²) >= 11 is 13.3. The number of hydrogen-bond donors (Lipinski definition) is 2. The highest BCUT2D eigenvalue weighted by Gasteiger charge is 2.66. The smallest absolute Gasteiger partial charge is 0.413 e. The standard InChI is InChI=1S/C28H25Cl2N3O4/c1-18(19-8-4-2-5-9-19)37-26(36)32-24-23(30)17-31-33(24)28(27(14-15-27)25(34)35)13-12-21(22(29)16-28)20-10-6-3-7-11-20/h2-13,17-18H,14-16H2,1H3,(H,32,36)(H,34,35)/t18?,28-/m0/s1. The number of carboxylic acid groups (broad SMARTS) is 1. The number of benzene rings is 2. The van der Waals surface area contributed by atoms with Crippen LogP contribution in [0.25, 0.3) is 5.57 Å². The molecule has 1 fully saturated rings. The van der Waals surface area contributed by atoms with Crippen molar-refractivity contribution >= 4 is 46.7 Å². The summed E-state index contributed by atoms with van der Waals surface area (Å²) in [5.41, 5.74) is 0.223. The molecule has 7 nitrogen and oxygen atoms in total. The molecular formula is C28H25Cl2N3O4. The number of ether oxygens (including phenoxy) is 1. The van der Waals surface area contributed by atoms with Crippen molar-refractivity contribution in [1.82, 2.24) is 9.78 Å². The third-order valence-electron chi connectivity index (χ3n) is 7.19. The third-order valence-corrected chi connectivity index (χ3v) is 7.81. The van der Waals surface area contributed by atoms with Crippen LogP contribution < -0.4 is 5.32 Å². The molecule has 3 aromatic rings. The van der Waals surface area contributed by atoms with E-state index in [1.54, 1.807) is 6.92 Å². The van der Waals surface area contributed by atoms with E-state index in [0.29, 0.717) is 17.9 Å². The van der Waals surface area contributed by atoms with Gasteiger partial charge in [-0.3, -0.25) is 10.1 Å². The Labute approximate surface area is 224 Å². The molecule has 0 aliphatic heterocycles. The van der Waals surface area contributed by atoms with Crippen LogP contribution in [0, 0.1) is 5.41 Å². The van der Waals surface area contributed by atoms with Gasteiger partial charge in [-0.1, -0.05) is 96.0 Å². The molecule has 1 saturated carbocycles. The lowest BCUT2D eigenvalue weighted by Gasteiger charge is -2.40. The Bertz CT molecular complexity index is 1400. The Hall–Kier alpha value is -3.55. The first-order valence-corrected chi connectivity index (χ1v) is 12.7. The van der Waals surface area contributed by atoms with Crippen molar-refractivity contribution in [3.05, 3.63) is 100 Å². The van der Waals surface area contributed by atoms with Crippen molar-refractivity contribution < 1.29 is 19.4 Å². The number of rotatable bonds is 7. The van der Waals surface area contributed by atoms with Crippen LogP contribution in [0.2, 0.25) is 5.02 Å². The first-order chi connectivity index (χ1) is 17.8. The zero-order valence-corrected chi connectivity index (χ0v) is 21.5. The lowest BCUT2D eigenvalue weighted by Crippen LogP contribution is -2.47. The van der Waals surface area contributed by atoms with Gasteiger partial charge in [0, 0.05) is 11.5 Å². The minimum absolute atomic E-state index is 0.150. The normalized spacial score (nSPS) is 20.8. The number of aliphatic carboxylic acids is 1. The van der Waals surface area contributed by atoms with Crippen LogP contribution in [-0.4, -0.2) is 26.9 Å². The fourth-order valence-corrected chi connectivity index (χ4v) is 5.58. The second-order valence-corrected chi connectivity index (χ2v) is 10.2. The number of aromatic nitrogens is 2. The Morgan fingerprint density at radius 3 is 2.32 bits per heavy atom. The van der Waals surface area contributed by atoms with Gasteiger partial charge >= 0.3 is 12.1 Å². The molecule has 1 heterocycles. The van der Waals surface area contributed by atoms with Crippen molar-refractivity contribution in [3.8, 4) is 0 Å². The number of amides is 1. The molecule has 0 radical (unpaired) electrons. The van der Waals surface area contributed by atoms with E-state index in [1.807, 2.05) is 72.8 Å². The maximum Gasteiger partial charge on any atom is 0.413 e. The van der Waals surface area contributed by atoms with Gasteiger partial charge in [0.25, 0.3) is 0 Å². The van der Waals surface area contributed by atoms with Crippen LogP contribution in [0.4, 0.5) is 10.6 Å². The fraction of sp³-hybridized carbons (Fsp3) is 0.250. The summed E-state index contributed by atoms with van der Waals surface area (Å²) in [6, 6.07) is 19.0. The fourth-order valence-electron chi connectivity index (χ4n) is 5.03. The van der Waals surface area contributed by atoms with Gasteiger partial charge in [-0.05, 0) is 36.5 Å². The second-order valence-electron chi connectivity index (χ2n) is 9.34. The highest BCUT2D eigenvalue weighted by molar-refractivity contribution is 6.34. The average Bonchev–Trinajstić information content (AvgIpc) is 3.65. The second kappa shape index (κ2) is 9.72. The number of halogens is 2. The Balaban J connectivity index is 1.50. The summed E-state index contributed by atoms with van der Waals surface area (Å²) < 4.78 is 7.04. The summed E-state index contributed by atoms with van der Waals surface area (Å²) in [6.45, 7) is 1.76. The number of anilines is 1. The Morgan fingerprint density at radius 1 is 1.08 bits per heavy atom. The Kier molecular flexibility index (Phi) is 6.60. The van der Waals surface area contributed by atoms with Crippen LogP contribution >= 0.6 is 23.2 Å². The number of carbonyl (C=O) groups is 2. The van der Waals surface area contributed by atoms with E-state index in [-0.39, 0.29) is 17.3 Å². The van der Waals surface area contributed by atoms with Crippen LogP contribution in [0.3, 0.4) is 0 Å². The molecule has 2 aliphatic rings.